The molecule has 0 aromatic heterocycles. The lowest BCUT2D eigenvalue weighted by molar-refractivity contribution is -0.122. The lowest BCUT2D eigenvalue weighted by atomic mass is 9.81. The monoisotopic (exact) mass is 266 g/mol. The molecule has 1 fully saturated rings. The van der Waals surface area contributed by atoms with Crippen molar-refractivity contribution in [1.82, 2.24) is 0 Å². The highest BCUT2D eigenvalue weighted by Crippen LogP contribution is 2.43. The number of rotatable bonds is 2. The van der Waals surface area contributed by atoms with E-state index in [0.29, 0.717) is 16.4 Å². The highest BCUT2D eigenvalue weighted by molar-refractivity contribution is 6.33. The Bertz CT molecular complexity index is 471. The van der Waals surface area contributed by atoms with E-state index in [1.54, 1.807) is 18.2 Å². The molecule has 1 aliphatic rings. The fraction of sp³-hybridized carbons (Fsp3) is 0.500. The Morgan fingerprint density at radius 3 is 2.78 bits per heavy atom. The number of nitrogens with two attached hydrogens (primary N) is 1. The number of benzene rings is 1. The zero-order chi connectivity index (χ0) is 13.3. The van der Waals surface area contributed by atoms with Crippen LogP contribution in [0.5, 0.6) is 0 Å². The van der Waals surface area contributed by atoms with E-state index in [1.165, 1.54) is 0 Å². The van der Waals surface area contributed by atoms with E-state index in [2.05, 4.69) is 19.2 Å². The minimum Gasteiger partial charge on any atom is -0.398 e. The summed E-state index contributed by atoms with van der Waals surface area (Å²) in [5.74, 6) is 0.159. The predicted octanol–water partition coefficient (Wildman–Crippen LogP) is 3.69. The van der Waals surface area contributed by atoms with Crippen LogP contribution in [-0.4, -0.2) is 5.91 Å². The molecule has 2 rings (SSSR count). The average Bonchev–Trinajstić information content (AvgIpc) is 2.63. The first-order valence-electron chi connectivity index (χ1n) is 6.26. The number of nitrogens with one attached hydrogen (secondary N) is 1. The van der Waals surface area contributed by atoms with Gasteiger partial charge >= 0.3 is 0 Å². The SMILES string of the molecule is CC1(C)CCCC1C(=O)Nc1ccc(N)c(Cl)c1. The van der Waals surface area contributed by atoms with Crippen LogP contribution in [0.2, 0.25) is 5.02 Å². The van der Waals surface area contributed by atoms with Gasteiger partial charge in [-0.2, -0.15) is 0 Å². The van der Waals surface area contributed by atoms with E-state index >= 15 is 0 Å². The van der Waals surface area contributed by atoms with E-state index in [0.717, 1.165) is 19.3 Å². The molecule has 0 heterocycles. The van der Waals surface area contributed by atoms with Crippen LogP contribution in [0, 0.1) is 11.3 Å². The Balaban J connectivity index is 2.09. The summed E-state index contributed by atoms with van der Waals surface area (Å²) in [4.78, 5) is 12.2. The number of amides is 1. The predicted molar refractivity (Wildman–Crippen MR) is 75.6 cm³/mol. The quantitative estimate of drug-likeness (QED) is 0.802. The number of carbonyl (C=O) groups excluding carboxylic acids is 1. The molecule has 1 unspecified atom stereocenters. The van der Waals surface area contributed by atoms with Crippen molar-refractivity contribution in [2.75, 3.05) is 11.1 Å². The Morgan fingerprint density at radius 1 is 1.50 bits per heavy atom. The largest absolute Gasteiger partial charge is 0.398 e. The van der Waals surface area contributed by atoms with Gasteiger partial charge in [-0.15, -0.1) is 0 Å². The number of carbonyl (C=O) groups is 1. The number of hydrogen-bond acceptors (Lipinski definition) is 2. The second kappa shape index (κ2) is 4.81. The fourth-order valence-electron chi connectivity index (χ4n) is 2.65. The van der Waals surface area contributed by atoms with Crippen LogP contribution in [0.25, 0.3) is 0 Å². The van der Waals surface area contributed by atoms with Gasteiger partial charge in [0.1, 0.15) is 0 Å². The molecule has 3 nitrogen and oxygen atoms in total. The zero-order valence-corrected chi connectivity index (χ0v) is 11.6. The number of nitrogen functional groups attached to an aromatic ring is 1. The van der Waals surface area contributed by atoms with Crippen LogP contribution < -0.4 is 11.1 Å². The molecule has 4 heteroatoms. The minimum atomic E-state index is 0.0776. The van der Waals surface area contributed by atoms with Crippen LogP contribution in [0.1, 0.15) is 33.1 Å². The van der Waals surface area contributed by atoms with Crippen LogP contribution in [0.3, 0.4) is 0 Å². The Labute approximate surface area is 113 Å². The van der Waals surface area contributed by atoms with Crippen molar-refractivity contribution in [2.45, 2.75) is 33.1 Å². The molecule has 1 aromatic carbocycles. The Hall–Kier alpha value is -1.22. The summed E-state index contributed by atoms with van der Waals surface area (Å²) in [7, 11) is 0. The van der Waals surface area contributed by atoms with Gasteiger partial charge in [-0.25, -0.2) is 0 Å². The average molecular weight is 267 g/mol. The first-order chi connectivity index (χ1) is 8.40. The van der Waals surface area contributed by atoms with Crippen molar-refractivity contribution in [2.24, 2.45) is 11.3 Å². The van der Waals surface area contributed by atoms with Crippen molar-refractivity contribution >= 4 is 28.9 Å². The van der Waals surface area contributed by atoms with E-state index in [-0.39, 0.29) is 17.2 Å². The molecule has 0 saturated heterocycles. The van der Waals surface area contributed by atoms with Gasteiger partial charge in [0, 0.05) is 11.6 Å². The Kier molecular flexibility index (Phi) is 3.53. The lowest BCUT2D eigenvalue weighted by Crippen LogP contribution is -2.30. The summed E-state index contributed by atoms with van der Waals surface area (Å²) >= 11 is 5.94. The van der Waals surface area contributed by atoms with Gasteiger partial charge in [-0.05, 0) is 36.5 Å². The molecule has 98 valence electrons. The summed E-state index contributed by atoms with van der Waals surface area (Å²) in [5, 5.41) is 3.40. The highest BCUT2D eigenvalue weighted by atomic mass is 35.5. The van der Waals surface area contributed by atoms with Gasteiger partial charge in [0.2, 0.25) is 5.91 Å². The van der Waals surface area contributed by atoms with Gasteiger partial charge in [-0.3, -0.25) is 4.79 Å². The van der Waals surface area contributed by atoms with Crippen molar-refractivity contribution in [3.63, 3.8) is 0 Å². The molecule has 1 aliphatic carbocycles. The molecule has 1 aromatic rings. The summed E-state index contributed by atoms with van der Waals surface area (Å²) < 4.78 is 0. The van der Waals surface area contributed by atoms with Gasteiger partial charge in [0.05, 0.1) is 10.7 Å². The summed E-state index contributed by atoms with van der Waals surface area (Å²) in [6.07, 6.45) is 3.18. The molecule has 0 radical (unpaired) electrons. The maximum Gasteiger partial charge on any atom is 0.228 e. The molecule has 1 atom stereocenters. The van der Waals surface area contributed by atoms with E-state index in [9.17, 15) is 4.79 Å². The van der Waals surface area contributed by atoms with Crippen LogP contribution in [0.4, 0.5) is 11.4 Å². The molecule has 3 N–H and O–H groups in total. The number of anilines is 2. The topological polar surface area (TPSA) is 55.1 Å². The normalized spacial score (nSPS) is 21.8. The Morgan fingerprint density at radius 2 is 2.22 bits per heavy atom. The molecular weight excluding hydrogens is 248 g/mol. The van der Waals surface area contributed by atoms with Gasteiger partial charge in [0.25, 0.3) is 0 Å². The molecule has 0 aliphatic heterocycles. The summed E-state index contributed by atoms with van der Waals surface area (Å²) in [6.45, 7) is 4.31. The van der Waals surface area contributed by atoms with Crippen LogP contribution in [0.15, 0.2) is 18.2 Å². The van der Waals surface area contributed by atoms with Gasteiger partial charge < -0.3 is 11.1 Å². The third kappa shape index (κ3) is 2.61. The first kappa shape index (κ1) is 13.2. The van der Waals surface area contributed by atoms with Gasteiger partial charge in [0.15, 0.2) is 0 Å². The maximum atomic E-state index is 12.2. The van der Waals surface area contributed by atoms with E-state index in [1.807, 2.05) is 0 Å². The number of hydrogen-bond donors (Lipinski definition) is 2. The summed E-state index contributed by atoms with van der Waals surface area (Å²) in [5.41, 5.74) is 6.96. The first-order valence-corrected chi connectivity index (χ1v) is 6.64. The standard InChI is InChI=1S/C14H19ClN2O/c1-14(2)7-3-4-10(14)13(18)17-9-5-6-12(16)11(15)8-9/h5-6,8,10H,3-4,7,16H2,1-2H3,(H,17,18). The second-order valence-electron chi connectivity index (χ2n) is 5.66. The second-order valence-corrected chi connectivity index (χ2v) is 6.07. The van der Waals surface area contributed by atoms with Gasteiger partial charge in [-0.1, -0.05) is 31.9 Å². The molecule has 1 saturated carbocycles. The van der Waals surface area contributed by atoms with Crippen LogP contribution >= 0.6 is 11.6 Å². The van der Waals surface area contributed by atoms with Crippen molar-refractivity contribution in [3.05, 3.63) is 23.2 Å². The molecule has 0 bridgehead atoms. The van der Waals surface area contributed by atoms with E-state index in [4.69, 9.17) is 17.3 Å². The molecule has 0 spiro atoms. The zero-order valence-electron chi connectivity index (χ0n) is 10.8. The van der Waals surface area contributed by atoms with Crippen molar-refractivity contribution in [1.29, 1.82) is 0 Å². The smallest absolute Gasteiger partial charge is 0.228 e. The number of halogens is 1. The van der Waals surface area contributed by atoms with Crippen molar-refractivity contribution < 1.29 is 4.79 Å². The molecule has 1 amide bonds. The molecular formula is C14H19ClN2O. The third-order valence-electron chi connectivity index (χ3n) is 3.84. The van der Waals surface area contributed by atoms with E-state index < -0.39 is 0 Å². The summed E-state index contributed by atoms with van der Waals surface area (Å²) in [6, 6.07) is 5.18. The minimum absolute atomic E-state index is 0.0776. The van der Waals surface area contributed by atoms with Crippen molar-refractivity contribution in [3.8, 4) is 0 Å². The highest BCUT2D eigenvalue weighted by Gasteiger charge is 2.39. The molecule has 18 heavy (non-hydrogen) atoms. The van der Waals surface area contributed by atoms with Crippen LogP contribution in [-0.2, 0) is 4.79 Å². The maximum absolute atomic E-state index is 12.2. The lowest BCUT2D eigenvalue weighted by Gasteiger charge is -2.25. The third-order valence-corrected chi connectivity index (χ3v) is 4.17. The fourth-order valence-corrected chi connectivity index (χ4v) is 2.83.